The Bertz CT molecular complexity index is 250. The van der Waals surface area contributed by atoms with Crippen LogP contribution < -0.4 is 5.32 Å². The molecule has 0 saturated heterocycles. The van der Waals surface area contributed by atoms with E-state index in [0.29, 0.717) is 12.0 Å². The van der Waals surface area contributed by atoms with Crippen LogP contribution in [0.15, 0.2) is 18.3 Å². The minimum atomic E-state index is 0.579. The van der Waals surface area contributed by atoms with E-state index in [0.717, 1.165) is 6.54 Å². The zero-order valence-electron chi connectivity index (χ0n) is 9.04. The van der Waals surface area contributed by atoms with Gasteiger partial charge in [-0.2, -0.15) is 0 Å². The third kappa shape index (κ3) is 2.88. The van der Waals surface area contributed by atoms with Crippen molar-refractivity contribution in [1.29, 1.82) is 0 Å². The van der Waals surface area contributed by atoms with Gasteiger partial charge in [-0.05, 0) is 25.0 Å². The number of hydrogen-bond acceptors (Lipinski definition) is 1. The predicted molar refractivity (Wildman–Crippen MR) is 56.6 cm³/mol. The number of nitrogens with one attached hydrogen (secondary N) is 1. The fourth-order valence-electron chi connectivity index (χ4n) is 1.18. The van der Waals surface area contributed by atoms with Crippen LogP contribution >= 0.6 is 0 Å². The van der Waals surface area contributed by atoms with Gasteiger partial charge in [0.25, 0.3) is 0 Å². The predicted octanol–water partition coefficient (Wildman–Crippen LogP) is 2.16. The summed E-state index contributed by atoms with van der Waals surface area (Å²) in [5, 5.41) is 3.50. The number of aryl methyl sites for hydroxylation is 1. The minimum Gasteiger partial charge on any atom is -0.353 e. The number of aromatic nitrogens is 1. The Morgan fingerprint density at radius 2 is 2.08 bits per heavy atom. The molecule has 1 aromatic rings. The third-order valence-corrected chi connectivity index (χ3v) is 2.66. The number of rotatable bonds is 4. The zero-order valence-corrected chi connectivity index (χ0v) is 9.04. The zero-order chi connectivity index (χ0) is 9.84. The monoisotopic (exact) mass is 180 g/mol. The molecule has 0 fully saturated rings. The van der Waals surface area contributed by atoms with E-state index < -0.39 is 0 Å². The highest BCUT2D eigenvalue weighted by molar-refractivity contribution is 5.06. The van der Waals surface area contributed by atoms with Crippen molar-refractivity contribution in [3.8, 4) is 0 Å². The molecular formula is C11H20N2. The maximum Gasteiger partial charge on any atom is 0.0361 e. The van der Waals surface area contributed by atoms with E-state index in [1.165, 1.54) is 5.69 Å². The highest BCUT2D eigenvalue weighted by Gasteiger charge is 2.06. The second-order valence-corrected chi connectivity index (χ2v) is 4.02. The number of nitrogens with zero attached hydrogens (tertiary/aromatic N) is 1. The van der Waals surface area contributed by atoms with Crippen molar-refractivity contribution in [2.75, 3.05) is 0 Å². The Balaban J connectivity index is 2.39. The molecule has 2 heteroatoms. The molecule has 1 N–H and O–H groups in total. The molecule has 1 aromatic heterocycles. The Morgan fingerprint density at radius 3 is 2.54 bits per heavy atom. The van der Waals surface area contributed by atoms with Crippen LogP contribution in [0.25, 0.3) is 0 Å². The van der Waals surface area contributed by atoms with E-state index in [4.69, 9.17) is 0 Å². The first-order valence-corrected chi connectivity index (χ1v) is 4.95. The Hall–Kier alpha value is -0.760. The summed E-state index contributed by atoms with van der Waals surface area (Å²) in [6, 6.07) is 4.81. The molecule has 0 bridgehead atoms. The standard InChI is InChI=1S/C11H20N2/c1-9(2)10(3)12-8-11-6-5-7-13(11)4/h5-7,9-10,12H,8H2,1-4H3. The fraction of sp³-hybridized carbons (Fsp3) is 0.636. The largest absolute Gasteiger partial charge is 0.353 e. The molecule has 0 saturated carbocycles. The molecule has 0 aliphatic heterocycles. The molecular weight excluding hydrogens is 160 g/mol. The molecule has 0 radical (unpaired) electrons. The summed E-state index contributed by atoms with van der Waals surface area (Å²) in [5.41, 5.74) is 1.34. The van der Waals surface area contributed by atoms with Crippen molar-refractivity contribution >= 4 is 0 Å². The summed E-state index contributed by atoms with van der Waals surface area (Å²) in [6.45, 7) is 7.67. The van der Waals surface area contributed by atoms with Gasteiger partial charge in [0.2, 0.25) is 0 Å². The van der Waals surface area contributed by atoms with Crippen molar-refractivity contribution in [2.24, 2.45) is 13.0 Å². The Labute approximate surface area is 81.0 Å². The van der Waals surface area contributed by atoms with Gasteiger partial charge in [0.05, 0.1) is 0 Å². The molecule has 1 atom stereocenters. The fourth-order valence-corrected chi connectivity index (χ4v) is 1.18. The lowest BCUT2D eigenvalue weighted by Crippen LogP contribution is -2.30. The normalized spacial score (nSPS) is 13.6. The Kier molecular flexibility index (Phi) is 3.55. The van der Waals surface area contributed by atoms with Crippen molar-refractivity contribution in [1.82, 2.24) is 9.88 Å². The van der Waals surface area contributed by atoms with Gasteiger partial charge in [0.15, 0.2) is 0 Å². The van der Waals surface area contributed by atoms with Crippen LogP contribution in [0.2, 0.25) is 0 Å². The highest BCUT2D eigenvalue weighted by Crippen LogP contribution is 2.03. The lowest BCUT2D eigenvalue weighted by molar-refractivity contribution is 0.421. The second kappa shape index (κ2) is 4.47. The van der Waals surface area contributed by atoms with Crippen LogP contribution in [-0.4, -0.2) is 10.6 Å². The molecule has 0 aromatic carbocycles. The molecule has 1 unspecified atom stereocenters. The van der Waals surface area contributed by atoms with Crippen LogP contribution in [0.1, 0.15) is 26.5 Å². The van der Waals surface area contributed by atoms with E-state index in [2.05, 4.69) is 56.0 Å². The van der Waals surface area contributed by atoms with E-state index in [1.54, 1.807) is 0 Å². The summed E-state index contributed by atoms with van der Waals surface area (Å²) < 4.78 is 2.15. The third-order valence-electron chi connectivity index (χ3n) is 2.66. The van der Waals surface area contributed by atoms with Gasteiger partial charge in [-0.1, -0.05) is 13.8 Å². The lowest BCUT2D eigenvalue weighted by Gasteiger charge is -2.17. The van der Waals surface area contributed by atoms with Gasteiger partial charge in [0, 0.05) is 31.5 Å². The topological polar surface area (TPSA) is 17.0 Å². The van der Waals surface area contributed by atoms with Gasteiger partial charge in [-0.15, -0.1) is 0 Å². The van der Waals surface area contributed by atoms with Crippen LogP contribution in [0.5, 0.6) is 0 Å². The molecule has 1 rings (SSSR count). The molecule has 13 heavy (non-hydrogen) atoms. The maximum absolute atomic E-state index is 3.50. The SMILES string of the molecule is CC(C)C(C)NCc1cccn1C. The summed E-state index contributed by atoms with van der Waals surface area (Å²) >= 11 is 0. The van der Waals surface area contributed by atoms with E-state index in [1.807, 2.05) is 0 Å². The average Bonchev–Trinajstić information content (AvgIpc) is 2.47. The summed E-state index contributed by atoms with van der Waals surface area (Å²) in [7, 11) is 2.08. The van der Waals surface area contributed by atoms with Crippen molar-refractivity contribution in [2.45, 2.75) is 33.4 Å². The number of hydrogen-bond donors (Lipinski definition) is 1. The molecule has 0 amide bonds. The lowest BCUT2D eigenvalue weighted by atomic mass is 10.1. The first-order chi connectivity index (χ1) is 6.11. The highest BCUT2D eigenvalue weighted by atomic mass is 15.0. The van der Waals surface area contributed by atoms with Crippen molar-refractivity contribution < 1.29 is 0 Å². The molecule has 74 valence electrons. The molecule has 1 heterocycles. The molecule has 0 spiro atoms. The van der Waals surface area contributed by atoms with Gasteiger partial charge in [-0.3, -0.25) is 0 Å². The quantitative estimate of drug-likeness (QED) is 0.751. The Morgan fingerprint density at radius 1 is 1.38 bits per heavy atom. The van der Waals surface area contributed by atoms with E-state index >= 15 is 0 Å². The summed E-state index contributed by atoms with van der Waals surface area (Å²) in [4.78, 5) is 0. The van der Waals surface area contributed by atoms with Crippen LogP contribution in [0.4, 0.5) is 0 Å². The van der Waals surface area contributed by atoms with Gasteiger partial charge in [0.1, 0.15) is 0 Å². The van der Waals surface area contributed by atoms with E-state index in [-0.39, 0.29) is 0 Å². The van der Waals surface area contributed by atoms with Crippen LogP contribution in [0.3, 0.4) is 0 Å². The van der Waals surface area contributed by atoms with Crippen molar-refractivity contribution in [3.63, 3.8) is 0 Å². The van der Waals surface area contributed by atoms with Gasteiger partial charge < -0.3 is 9.88 Å². The first kappa shape index (κ1) is 10.3. The smallest absolute Gasteiger partial charge is 0.0361 e. The molecule has 0 aliphatic rings. The molecule has 0 aliphatic carbocycles. The van der Waals surface area contributed by atoms with Gasteiger partial charge in [-0.25, -0.2) is 0 Å². The molecule has 2 nitrogen and oxygen atoms in total. The summed E-state index contributed by atoms with van der Waals surface area (Å²) in [5.74, 6) is 0.695. The van der Waals surface area contributed by atoms with Crippen LogP contribution in [-0.2, 0) is 13.6 Å². The van der Waals surface area contributed by atoms with E-state index in [9.17, 15) is 0 Å². The maximum atomic E-state index is 3.50. The minimum absolute atomic E-state index is 0.579. The van der Waals surface area contributed by atoms with Gasteiger partial charge >= 0.3 is 0 Å². The second-order valence-electron chi connectivity index (χ2n) is 4.02. The summed E-state index contributed by atoms with van der Waals surface area (Å²) in [6.07, 6.45) is 2.08. The first-order valence-electron chi connectivity index (χ1n) is 4.95. The van der Waals surface area contributed by atoms with Crippen molar-refractivity contribution in [3.05, 3.63) is 24.0 Å². The van der Waals surface area contributed by atoms with Crippen LogP contribution in [0, 0.1) is 5.92 Å². The average molecular weight is 180 g/mol.